The molecule has 0 spiro atoms. The van der Waals surface area contributed by atoms with E-state index in [0.29, 0.717) is 6.42 Å². The molecule has 8 heteroatoms. The first kappa shape index (κ1) is 16.7. The highest BCUT2D eigenvalue weighted by atomic mass is 16.6. The van der Waals surface area contributed by atoms with Gasteiger partial charge < -0.3 is 14.7 Å². The Morgan fingerprint density at radius 2 is 2.17 bits per heavy atom. The van der Waals surface area contributed by atoms with Crippen molar-refractivity contribution < 1.29 is 24.4 Å². The number of benzene rings is 1. The van der Waals surface area contributed by atoms with Crippen molar-refractivity contribution in [1.29, 1.82) is 0 Å². The maximum atomic E-state index is 12.7. The molecule has 1 heterocycles. The Bertz CT molecular complexity index is 659. The summed E-state index contributed by atoms with van der Waals surface area (Å²) in [6, 6.07) is 4.18. The van der Waals surface area contributed by atoms with Crippen LogP contribution < -0.4 is 4.74 Å². The highest BCUT2D eigenvalue weighted by Crippen LogP contribution is 2.35. The van der Waals surface area contributed by atoms with Gasteiger partial charge in [-0.1, -0.05) is 6.07 Å². The van der Waals surface area contributed by atoms with E-state index in [1.807, 2.05) is 0 Å². The van der Waals surface area contributed by atoms with Crippen LogP contribution in [0.4, 0.5) is 5.69 Å². The Morgan fingerprint density at radius 3 is 2.70 bits per heavy atom. The van der Waals surface area contributed by atoms with Crippen molar-refractivity contribution in [2.45, 2.75) is 20.3 Å². The minimum atomic E-state index is -1.04. The molecule has 1 aromatic rings. The van der Waals surface area contributed by atoms with Crippen molar-refractivity contribution in [3.8, 4) is 5.75 Å². The predicted molar refractivity (Wildman–Crippen MR) is 80.5 cm³/mol. The molecule has 2 rings (SSSR count). The lowest BCUT2D eigenvalue weighted by atomic mass is 9.90. The van der Waals surface area contributed by atoms with Gasteiger partial charge in [0.25, 0.3) is 11.6 Å². The summed E-state index contributed by atoms with van der Waals surface area (Å²) in [5.74, 6) is -1.43. The smallest absolute Gasteiger partial charge is 0.311 e. The number of nitro groups is 1. The fraction of sp³-hybridized carbons (Fsp3) is 0.467. The molecule has 8 nitrogen and oxygen atoms in total. The Morgan fingerprint density at radius 1 is 1.48 bits per heavy atom. The van der Waals surface area contributed by atoms with Crippen molar-refractivity contribution >= 4 is 17.6 Å². The maximum Gasteiger partial charge on any atom is 0.311 e. The summed E-state index contributed by atoms with van der Waals surface area (Å²) in [5, 5.41) is 20.5. The number of carbonyl (C=O) groups excluding carboxylic acids is 1. The van der Waals surface area contributed by atoms with Crippen LogP contribution in [0.5, 0.6) is 5.75 Å². The van der Waals surface area contributed by atoms with Crippen LogP contribution in [0.1, 0.15) is 30.6 Å². The van der Waals surface area contributed by atoms with Gasteiger partial charge in [-0.3, -0.25) is 19.7 Å². The second-order valence-corrected chi connectivity index (χ2v) is 5.68. The maximum absolute atomic E-state index is 12.7. The van der Waals surface area contributed by atoms with Gasteiger partial charge in [-0.25, -0.2) is 0 Å². The van der Waals surface area contributed by atoms with Crippen LogP contribution >= 0.6 is 0 Å². The number of amides is 1. The molecule has 1 amide bonds. The minimum Gasteiger partial charge on any atom is -0.493 e. The van der Waals surface area contributed by atoms with Crippen molar-refractivity contribution in [2.24, 2.45) is 5.41 Å². The largest absolute Gasteiger partial charge is 0.493 e. The second kappa shape index (κ2) is 6.23. The molecule has 1 N–H and O–H groups in total. The quantitative estimate of drug-likeness (QED) is 0.655. The first-order chi connectivity index (χ1) is 10.8. The van der Waals surface area contributed by atoms with Gasteiger partial charge >= 0.3 is 5.97 Å². The van der Waals surface area contributed by atoms with E-state index in [1.165, 1.54) is 23.1 Å². The Kier molecular flexibility index (Phi) is 4.53. The summed E-state index contributed by atoms with van der Waals surface area (Å²) in [7, 11) is 0. The van der Waals surface area contributed by atoms with Gasteiger partial charge in [0, 0.05) is 19.2 Å². The molecule has 1 fully saturated rings. The summed E-state index contributed by atoms with van der Waals surface area (Å²) in [6.45, 7) is 3.78. The van der Waals surface area contributed by atoms with Gasteiger partial charge in [0.1, 0.15) is 5.75 Å². The lowest BCUT2D eigenvalue weighted by Gasteiger charge is -2.21. The van der Waals surface area contributed by atoms with E-state index in [2.05, 4.69) is 0 Å². The van der Waals surface area contributed by atoms with Crippen LogP contribution in [-0.4, -0.2) is 46.5 Å². The van der Waals surface area contributed by atoms with E-state index in [0.717, 1.165) is 0 Å². The number of nitrogens with zero attached hydrogens (tertiary/aromatic N) is 2. The number of rotatable bonds is 5. The van der Waals surface area contributed by atoms with Gasteiger partial charge in [-0.15, -0.1) is 0 Å². The molecular formula is C15H18N2O6. The molecule has 0 bridgehead atoms. The first-order valence-electron chi connectivity index (χ1n) is 7.23. The standard InChI is InChI=1S/C15H18N2O6/c1-3-23-11-6-4-5-10(17(21)22)12(11)13(18)16-8-7-15(2,9-16)14(19)20/h4-6H,3,7-9H2,1-2H3,(H,19,20). The average molecular weight is 322 g/mol. The minimum absolute atomic E-state index is 0.0127. The lowest BCUT2D eigenvalue weighted by Crippen LogP contribution is -2.35. The molecule has 0 saturated carbocycles. The van der Waals surface area contributed by atoms with E-state index in [9.17, 15) is 24.8 Å². The summed E-state index contributed by atoms with van der Waals surface area (Å²) in [4.78, 5) is 35.9. The zero-order chi connectivity index (χ0) is 17.2. The molecule has 1 saturated heterocycles. The van der Waals surface area contributed by atoms with Gasteiger partial charge in [0.15, 0.2) is 5.56 Å². The number of hydrogen-bond acceptors (Lipinski definition) is 5. The first-order valence-corrected chi connectivity index (χ1v) is 7.23. The fourth-order valence-corrected chi connectivity index (χ4v) is 2.63. The highest BCUT2D eigenvalue weighted by molar-refractivity contribution is 6.01. The van der Waals surface area contributed by atoms with Crippen molar-refractivity contribution in [3.05, 3.63) is 33.9 Å². The molecule has 0 aliphatic carbocycles. The van der Waals surface area contributed by atoms with E-state index in [-0.39, 0.29) is 36.7 Å². The third kappa shape index (κ3) is 3.10. The SMILES string of the molecule is CCOc1cccc([N+](=O)[O-])c1C(=O)N1CCC(C)(C(=O)O)C1. The predicted octanol–water partition coefficient (Wildman–Crippen LogP) is 1.93. The highest BCUT2D eigenvalue weighted by Gasteiger charge is 2.43. The zero-order valence-electron chi connectivity index (χ0n) is 12.9. The Labute approximate surface area is 132 Å². The molecule has 124 valence electrons. The monoisotopic (exact) mass is 322 g/mol. The molecule has 23 heavy (non-hydrogen) atoms. The number of hydrogen-bond donors (Lipinski definition) is 1. The van der Waals surface area contributed by atoms with Gasteiger partial charge in [0.05, 0.1) is 16.9 Å². The van der Waals surface area contributed by atoms with Crippen LogP contribution in [0, 0.1) is 15.5 Å². The third-order valence-corrected chi connectivity index (χ3v) is 3.99. The number of carboxylic acids is 1. The summed E-state index contributed by atoms with van der Waals surface area (Å²) < 4.78 is 5.34. The number of aliphatic carboxylic acids is 1. The third-order valence-electron chi connectivity index (χ3n) is 3.99. The average Bonchev–Trinajstić information content (AvgIpc) is 2.90. The van der Waals surface area contributed by atoms with E-state index in [1.54, 1.807) is 13.8 Å². The van der Waals surface area contributed by atoms with Crippen molar-refractivity contribution in [1.82, 2.24) is 4.90 Å². The number of likely N-dealkylation sites (tertiary alicyclic amines) is 1. The van der Waals surface area contributed by atoms with Crippen molar-refractivity contribution in [2.75, 3.05) is 19.7 Å². The van der Waals surface area contributed by atoms with Crippen LogP contribution in [0.2, 0.25) is 0 Å². The molecule has 1 aliphatic heterocycles. The summed E-state index contributed by atoms with van der Waals surface area (Å²) >= 11 is 0. The Balaban J connectivity index is 2.39. The molecule has 1 aliphatic rings. The van der Waals surface area contributed by atoms with Crippen LogP contribution in [-0.2, 0) is 4.79 Å². The second-order valence-electron chi connectivity index (χ2n) is 5.68. The molecular weight excluding hydrogens is 304 g/mol. The van der Waals surface area contributed by atoms with E-state index in [4.69, 9.17) is 4.74 Å². The Hall–Kier alpha value is -2.64. The van der Waals surface area contributed by atoms with E-state index >= 15 is 0 Å². The molecule has 1 aromatic carbocycles. The van der Waals surface area contributed by atoms with Gasteiger partial charge in [0.2, 0.25) is 0 Å². The number of carboxylic acid groups (broad SMARTS) is 1. The fourth-order valence-electron chi connectivity index (χ4n) is 2.63. The van der Waals surface area contributed by atoms with Crippen LogP contribution in [0.15, 0.2) is 18.2 Å². The summed E-state index contributed by atoms with van der Waals surface area (Å²) in [6.07, 6.45) is 0.304. The van der Waals surface area contributed by atoms with Crippen LogP contribution in [0.3, 0.4) is 0 Å². The summed E-state index contributed by atoms with van der Waals surface area (Å²) in [5.41, 5.74) is -1.51. The molecule has 1 unspecified atom stereocenters. The van der Waals surface area contributed by atoms with Crippen molar-refractivity contribution in [3.63, 3.8) is 0 Å². The zero-order valence-corrected chi connectivity index (χ0v) is 12.9. The van der Waals surface area contributed by atoms with Gasteiger partial charge in [-0.2, -0.15) is 0 Å². The van der Waals surface area contributed by atoms with E-state index < -0.39 is 22.2 Å². The topological polar surface area (TPSA) is 110 Å². The number of ether oxygens (including phenoxy) is 1. The number of nitro benzene ring substituents is 1. The lowest BCUT2D eigenvalue weighted by molar-refractivity contribution is -0.385. The normalized spacial score (nSPS) is 20.3. The van der Waals surface area contributed by atoms with Crippen LogP contribution in [0.25, 0.3) is 0 Å². The van der Waals surface area contributed by atoms with Gasteiger partial charge in [-0.05, 0) is 26.3 Å². The molecule has 1 atom stereocenters. The molecule has 0 radical (unpaired) electrons. The number of carbonyl (C=O) groups is 2. The molecule has 0 aromatic heterocycles.